The Balaban J connectivity index is 1.41. The Bertz CT molecular complexity index is 1060. The van der Waals surface area contributed by atoms with Crippen molar-refractivity contribution in [3.8, 4) is 11.3 Å². The van der Waals surface area contributed by atoms with Crippen LogP contribution in [-0.2, 0) is 7.05 Å². The molecule has 5 rings (SSSR count). The predicted octanol–water partition coefficient (Wildman–Crippen LogP) is 3.50. The van der Waals surface area contributed by atoms with Gasteiger partial charge in [-0.3, -0.25) is 9.48 Å². The summed E-state index contributed by atoms with van der Waals surface area (Å²) in [6.07, 6.45) is 8.27. The van der Waals surface area contributed by atoms with E-state index in [9.17, 15) is 4.79 Å². The second-order valence-electron chi connectivity index (χ2n) is 8.49. The van der Waals surface area contributed by atoms with Gasteiger partial charge in [-0.2, -0.15) is 5.10 Å². The van der Waals surface area contributed by atoms with Crippen LogP contribution in [0.5, 0.6) is 0 Å². The van der Waals surface area contributed by atoms with Gasteiger partial charge in [0, 0.05) is 62.7 Å². The van der Waals surface area contributed by atoms with Crippen molar-refractivity contribution < 1.29 is 4.79 Å². The van der Waals surface area contributed by atoms with Gasteiger partial charge in [0.05, 0.1) is 11.4 Å². The molecule has 1 aromatic carbocycles. The summed E-state index contributed by atoms with van der Waals surface area (Å²) in [6.45, 7) is 3.51. The normalized spacial score (nSPS) is 19.1. The van der Waals surface area contributed by atoms with Crippen molar-refractivity contribution in [3.05, 3.63) is 60.0 Å². The van der Waals surface area contributed by atoms with Gasteiger partial charge in [0.2, 0.25) is 5.95 Å². The second kappa shape index (κ2) is 8.49. The fourth-order valence-electron chi connectivity index (χ4n) is 4.72. The van der Waals surface area contributed by atoms with E-state index in [4.69, 9.17) is 10.1 Å². The number of aromatic nitrogens is 4. The summed E-state index contributed by atoms with van der Waals surface area (Å²) in [5.74, 6) is 1.10. The average Bonchev–Trinajstić information content (AvgIpc) is 3.49. The molecule has 3 aromatic rings. The Morgan fingerprint density at radius 3 is 2.65 bits per heavy atom. The van der Waals surface area contributed by atoms with Crippen LogP contribution in [0.2, 0.25) is 0 Å². The van der Waals surface area contributed by atoms with E-state index < -0.39 is 0 Å². The molecule has 0 saturated carbocycles. The van der Waals surface area contributed by atoms with Gasteiger partial charge in [-0.05, 0) is 43.9 Å². The minimum absolute atomic E-state index is 0.0983. The highest BCUT2D eigenvalue weighted by atomic mass is 16.2. The summed E-state index contributed by atoms with van der Waals surface area (Å²) in [6, 6.07) is 11.5. The molecule has 0 bridgehead atoms. The summed E-state index contributed by atoms with van der Waals surface area (Å²) in [5, 5.41) is 4.81. The Morgan fingerprint density at radius 1 is 1.03 bits per heavy atom. The summed E-state index contributed by atoms with van der Waals surface area (Å²) in [7, 11) is 1.95. The molecule has 1 atom stereocenters. The van der Waals surface area contributed by atoms with Crippen molar-refractivity contribution >= 4 is 11.9 Å². The Kier molecular flexibility index (Phi) is 5.40. The fraction of sp³-hybridized carbons (Fsp3) is 0.417. The topological polar surface area (TPSA) is 67.2 Å². The molecular weight excluding hydrogens is 388 g/mol. The molecular formula is C24H28N6O. The fourth-order valence-corrected chi connectivity index (χ4v) is 4.72. The van der Waals surface area contributed by atoms with E-state index in [0.29, 0.717) is 6.54 Å². The maximum absolute atomic E-state index is 13.0. The van der Waals surface area contributed by atoms with Gasteiger partial charge in [0.1, 0.15) is 0 Å². The third-order valence-electron chi connectivity index (χ3n) is 6.28. The highest BCUT2D eigenvalue weighted by molar-refractivity contribution is 5.94. The Morgan fingerprint density at radius 2 is 1.84 bits per heavy atom. The van der Waals surface area contributed by atoms with Crippen molar-refractivity contribution in [3.63, 3.8) is 0 Å². The van der Waals surface area contributed by atoms with Gasteiger partial charge in [-0.1, -0.05) is 18.2 Å². The van der Waals surface area contributed by atoms with Crippen molar-refractivity contribution in [2.24, 2.45) is 7.05 Å². The number of anilines is 1. The lowest BCUT2D eigenvalue weighted by Gasteiger charge is -2.32. The number of piperidine rings is 1. The first-order valence-electron chi connectivity index (χ1n) is 11.2. The van der Waals surface area contributed by atoms with Crippen LogP contribution in [0.25, 0.3) is 11.3 Å². The number of carbonyl (C=O) groups is 1. The van der Waals surface area contributed by atoms with E-state index in [1.54, 1.807) is 0 Å². The molecule has 2 aromatic heterocycles. The van der Waals surface area contributed by atoms with Crippen molar-refractivity contribution in [2.45, 2.75) is 31.6 Å². The third-order valence-corrected chi connectivity index (χ3v) is 6.28. The number of hydrogen-bond acceptors (Lipinski definition) is 5. The SMILES string of the molecule is Cn1cc(-c2ccnc(N3CCCC3)n2)c(C2CCCN(C(=O)c3ccccc3)C2)n1. The van der Waals surface area contributed by atoms with E-state index in [1.807, 2.05) is 65.4 Å². The quantitative estimate of drug-likeness (QED) is 0.651. The highest BCUT2D eigenvalue weighted by Crippen LogP contribution is 2.34. The summed E-state index contributed by atoms with van der Waals surface area (Å²) >= 11 is 0. The molecule has 2 aliphatic rings. The molecule has 4 heterocycles. The van der Waals surface area contributed by atoms with Crippen LogP contribution in [0.4, 0.5) is 5.95 Å². The molecule has 0 spiro atoms. The number of likely N-dealkylation sites (tertiary alicyclic amines) is 1. The maximum atomic E-state index is 13.0. The van der Waals surface area contributed by atoms with Gasteiger partial charge in [0.25, 0.3) is 5.91 Å². The molecule has 31 heavy (non-hydrogen) atoms. The maximum Gasteiger partial charge on any atom is 0.253 e. The second-order valence-corrected chi connectivity index (χ2v) is 8.49. The first kappa shape index (κ1) is 19.7. The number of nitrogens with zero attached hydrogens (tertiary/aromatic N) is 6. The zero-order valence-corrected chi connectivity index (χ0v) is 17.9. The monoisotopic (exact) mass is 416 g/mol. The van der Waals surface area contributed by atoms with Crippen LogP contribution < -0.4 is 4.90 Å². The van der Waals surface area contributed by atoms with E-state index in [-0.39, 0.29) is 11.8 Å². The minimum atomic E-state index is 0.0983. The van der Waals surface area contributed by atoms with Crippen LogP contribution in [-0.4, -0.2) is 56.7 Å². The van der Waals surface area contributed by atoms with Gasteiger partial charge in [-0.15, -0.1) is 0 Å². The van der Waals surface area contributed by atoms with Crippen molar-refractivity contribution in [1.82, 2.24) is 24.6 Å². The van der Waals surface area contributed by atoms with Gasteiger partial charge >= 0.3 is 0 Å². The van der Waals surface area contributed by atoms with Crippen molar-refractivity contribution in [2.75, 3.05) is 31.1 Å². The molecule has 1 amide bonds. The lowest BCUT2D eigenvalue weighted by atomic mass is 9.91. The Hall–Kier alpha value is -3.22. The van der Waals surface area contributed by atoms with Crippen LogP contribution >= 0.6 is 0 Å². The van der Waals surface area contributed by atoms with Crippen LogP contribution in [0.15, 0.2) is 48.8 Å². The minimum Gasteiger partial charge on any atom is -0.341 e. The molecule has 0 radical (unpaired) electrons. The zero-order chi connectivity index (χ0) is 21.2. The van der Waals surface area contributed by atoms with E-state index in [0.717, 1.165) is 60.9 Å². The number of aryl methyl sites for hydroxylation is 1. The Labute approximate surface area is 182 Å². The van der Waals surface area contributed by atoms with Crippen LogP contribution in [0.3, 0.4) is 0 Å². The van der Waals surface area contributed by atoms with E-state index in [1.165, 1.54) is 12.8 Å². The molecule has 0 aliphatic carbocycles. The number of carbonyl (C=O) groups excluding carboxylic acids is 1. The van der Waals surface area contributed by atoms with Gasteiger partial charge in [-0.25, -0.2) is 9.97 Å². The molecule has 160 valence electrons. The highest BCUT2D eigenvalue weighted by Gasteiger charge is 2.29. The largest absolute Gasteiger partial charge is 0.341 e. The number of amides is 1. The number of rotatable bonds is 4. The molecule has 0 N–H and O–H groups in total. The van der Waals surface area contributed by atoms with Crippen molar-refractivity contribution in [1.29, 1.82) is 0 Å². The molecule has 7 heteroatoms. The molecule has 2 fully saturated rings. The average molecular weight is 417 g/mol. The number of benzene rings is 1. The van der Waals surface area contributed by atoms with E-state index in [2.05, 4.69) is 9.88 Å². The van der Waals surface area contributed by atoms with Gasteiger partial charge < -0.3 is 9.80 Å². The lowest BCUT2D eigenvalue weighted by Crippen LogP contribution is -2.39. The molecule has 2 saturated heterocycles. The first-order chi connectivity index (χ1) is 15.2. The predicted molar refractivity (Wildman–Crippen MR) is 120 cm³/mol. The lowest BCUT2D eigenvalue weighted by molar-refractivity contribution is 0.0706. The zero-order valence-electron chi connectivity index (χ0n) is 17.9. The van der Waals surface area contributed by atoms with Crippen LogP contribution in [0.1, 0.15) is 47.7 Å². The van der Waals surface area contributed by atoms with E-state index >= 15 is 0 Å². The summed E-state index contributed by atoms with van der Waals surface area (Å²) in [5.41, 5.74) is 3.73. The summed E-state index contributed by atoms with van der Waals surface area (Å²) in [4.78, 5) is 26.6. The third kappa shape index (κ3) is 4.04. The standard InChI is InChI=1S/C24H28N6O/c1-28-17-20(21-11-12-25-24(26-21)29-13-5-6-14-29)22(27-28)19-10-7-15-30(16-19)23(31)18-8-3-2-4-9-18/h2-4,8-9,11-12,17,19H,5-7,10,13-16H2,1H3. The first-order valence-corrected chi connectivity index (χ1v) is 11.2. The van der Waals surface area contributed by atoms with Crippen LogP contribution in [0, 0.1) is 0 Å². The smallest absolute Gasteiger partial charge is 0.253 e. The molecule has 7 nitrogen and oxygen atoms in total. The molecule has 1 unspecified atom stereocenters. The summed E-state index contributed by atoms with van der Waals surface area (Å²) < 4.78 is 1.86. The van der Waals surface area contributed by atoms with Gasteiger partial charge in [0.15, 0.2) is 0 Å². The molecule has 2 aliphatic heterocycles. The number of hydrogen-bond donors (Lipinski definition) is 0.